The van der Waals surface area contributed by atoms with Crippen molar-refractivity contribution in [2.45, 2.75) is 31.1 Å². The lowest BCUT2D eigenvalue weighted by atomic mass is 9.97. The number of fused-ring (bicyclic) bond motifs is 1. The maximum Gasteiger partial charge on any atom is 0.118 e. The first-order valence-electron chi connectivity index (χ1n) is 11.3. The highest BCUT2D eigenvalue weighted by Gasteiger charge is 2.15. The quantitative estimate of drug-likeness (QED) is 0.177. The van der Waals surface area contributed by atoms with E-state index < -0.39 is 0 Å². The zero-order chi connectivity index (χ0) is 21.5. The Bertz CT molecular complexity index is 1000. The molecule has 0 saturated carbocycles. The number of benzene rings is 3. The Morgan fingerprint density at radius 1 is 1.00 bits per heavy atom. The van der Waals surface area contributed by atoms with Crippen LogP contribution in [0.15, 0.2) is 76.8 Å². The van der Waals surface area contributed by atoms with Crippen LogP contribution < -0.4 is 0 Å². The van der Waals surface area contributed by atoms with Gasteiger partial charge in [0.15, 0.2) is 0 Å². The van der Waals surface area contributed by atoms with Gasteiger partial charge in [-0.2, -0.15) is 0 Å². The second-order valence-electron chi connectivity index (χ2n) is 8.41. The predicted molar refractivity (Wildman–Crippen MR) is 133 cm³/mol. The van der Waals surface area contributed by atoms with Gasteiger partial charge in [0.05, 0.1) is 0 Å². The third-order valence-corrected chi connectivity index (χ3v) is 6.89. The molecule has 0 spiro atoms. The summed E-state index contributed by atoms with van der Waals surface area (Å²) in [7, 11) is 0. The smallest absolute Gasteiger partial charge is 0.118 e. The minimum Gasteiger partial charge on any atom is -0.395 e. The molecule has 4 heteroatoms. The van der Waals surface area contributed by atoms with E-state index in [0.29, 0.717) is 6.61 Å². The van der Waals surface area contributed by atoms with E-state index >= 15 is 0 Å². The average molecular weight is 433 g/mol. The van der Waals surface area contributed by atoms with E-state index in [1.54, 1.807) is 11.8 Å². The van der Waals surface area contributed by atoms with Crippen LogP contribution in [0.3, 0.4) is 0 Å². The summed E-state index contributed by atoms with van der Waals surface area (Å²) in [4.78, 5) is 9.68. The lowest BCUT2D eigenvalue weighted by Crippen LogP contribution is -2.33. The number of nitrogens with zero attached hydrogens (tertiary/aromatic N) is 2. The third kappa shape index (κ3) is 5.69. The molecule has 31 heavy (non-hydrogen) atoms. The highest BCUT2D eigenvalue weighted by Crippen LogP contribution is 2.24. The van der Waals surface area contributed by atoms with E-state index in [1.165, 1.54) is 41.6 Å². The fraction of sp³-hybridized carbons (Fsp3) is 0.370. The average Bonchev–Trinajstić information content (AvgIpc) is 2.82. The van der Waals surface area contributed by atoms with E-state index in [-0.39, 0.29) is 0 Å². The second kappa shape index (κ2) is 10.8. The zero-order valence-corrected chi connectivity index (χ0v) is 19.4. The van der Waals surface area contributed by atoms with Crippen molar-refractivity contribution in [2.24, 2.45) is 11.1 Å². The number of hydrogen-bond donors (Lipinski definition) is 0. The fourth-order valence-corrected chi connectivity index (χ4v) is 4.59. The Morgan fingerprint density at radius 3 is 2.52 bits per heavy atom. The molecule has 0 unspecified atom stereocenters. The summed E-state index contributed by atoms with van der Waals surface area (Å²) in [5, 5.41) is 7.07. The molecule has 4 rings (SSSR count). The van der Waals surface area contributed by atoms with Gasteiger partial charge in [0, 0.05) is 22.6 Å². The van der Waals surface area contributed by atoms with Crippen molar-refractivity contribution < 1.29 is 4.84 Å². The topological polar surface area (TPSA) is 24.8 Å². The zero-order valence-electron chi connectivity index (χ0n) is 18.6. The molecule has 1 aliphatic heterocycles. The van der Waals surface area contributed by atoms with Gasteiger partial charge in [-0.05, 0) is 67.4 Å². The standard InChI is InChI=1S/C27H32N2OS/c1-21-15-18-29(19-16-21)17-6-20-30-28-27(23-11-13-24(31-2)14-12-23)26-10-5-8-22-7-3-4-9-25(22)26/h3-5,7-14,21H,6,15-20H2,1-2H3/b28-27-. The minimum absolute atomic E-state index is 0.642. The van der Waals surface area contributed by atoms with Gasteiger partial charge >= 0.3 is 0 Å². The molecule has 3 nitrogen and oxygen atoms in total. The van der Waals surface area contributed by atoms with Gasteiger partial charge in [-0.3, -0.25) is 0 Å². The molecule has 3 aromatic carbocycles. The summed E-state index contributed by atoms with van der Waals surface area (Å²) >= 11 is 1.75. The monoisotopic (exact) mass is 432 g/mol. The molecular formula is C27H32N2OS. The molecule has 0 bridgehead atoms. The molecule has 3 aromatic rings. The molecule has 162 valence electrons. The van der Waals surface area contributed by atoms with Crippen molar-refractivity contribution in [3.05, 3.63) is 77.9 Å². The summed E-state index contributed by atoms with van der Waals surface area (Å²) in [6.07, 6.45) is 5.74. The second-order valence-corrected chi connectivity index (χ2v) is 9.29. The third-order valence-electron chi connectivity index (χ3n) is 6.15. The Balaban J connectivity index is 1.51. The first kappa shape index (κ1) is 21.9. The molecule has 1 fully saturated rings. The maximum atomic E-state index is 5.88. The molecular weight excluding hydrogens is 400 g/mol. The summed E-state index contributed by atoms with van der Waals surface area (Å²) in [5.41, 5.74) is 3.09. The number of likely N-dealkylation sites (tertiary alicyclic amines) is 1. The van der Waals surface area contributed by atoms with Crippen LogP contribution >= 0.6 is 11.8 Å². The first-order chi connectivity index (χ1) is 15.2. The van der Waals surface area contributed by atoms with Crippen molar-refractivity contribution in [3.63, 3.8) is 0 Å². The Morgan fingerprint density at radius 2 is 1.74 bits per heavy atom. The van der Waals surface area contributed by atoms with Gasteiger partial charge in [-0.15, -0.1) is 11.8 Å². The molecule has 0 radical (unpaired) electrons. The van der Waals surface area contributed by atoms with Crippen LogP contribution in [-0.4, -0.2) is 43.1 Å². The minimum atomic E-state index is 0.642. The van der Waals surface area contributed by atoms with Crippen molar-refractivity contribution in [2.75, 3.05) is 32.5 Å². The van der Waals surface area contributed by atoms with E-state index in [4.69, 9.17) is 4.84 Å². The van der Waals surface area contributed by atoms with Crippen LogP contribution in [-0.2, 0) is 4.84 Å². The fourth-order valence-electron chi connectivity index (χ4n) is 4.19. The van der Waals surface area contributed by atoms with Crippen molar-refractivity contribution in [1.29, 1.82) is 0 Å². The van der Waals surface area contributed by atoms with Crippen LogP contribution in [0.2, 0.25) is 0 Å². The molecule has 0 N–H and O–H groups in total. The highest BCUT2D eigenvalue weighted by molar-refractivity contribution is 7.98. The predicted octanol–water partition coefficient (Wildman–Crippen LogP) is 6.45. The molecule has 1 aliphatic rings. The Labute approximate surface area is 190 Å². The van der Waals surface area contributed by atoms with E-state index in [0.717, 1.165) is 35.7 Å². The van der Waals surface area contributed by atoms with Crippen molar-refractivity contribution in [3.8, 4) is 0 Å². The van der Waals surface area contributed by atoms with E-state index in [1.807, 2.05) is 0 Å². The van der Waals surface area contributed by atoms with Gasteiger partial charge < -0.3 is 9.74 Å². The molecule has 0 atom stereocenters. The van der Waals surface area contributed by atoms with Crippen LogP contribution in [0, 0.1) is 5.92 Å². The van der Waals surface area contributed by atoms with E-state index in [9.17, 15) is 0 Å². The molecule has 1 heterocycles. The van der Waals surface area contributed by atoms with Crippen molar-refractivity contribution in [1.82, 2.24) is 4.90 Å². The molecule has 0 amide bonds. The summed E-state index contributed by atoms with van der Waals surface area (Å²) in [6.45, 7) is 6.52. The summed E-state index contributed by atoms with van der Waals surface area (Å²) in [6, 6.07) is 23.4. The van der Waals surface area contributed by atoms with Crippen molar-refractivity contribution >= 4 is 28.2 Å². The Kier molecular flexibility index (Phi) is 7.66. The van der Waals surface area contributed by atoms with Crippen LogP contribution in [0.1, 0.15) is 37.3 Å². The number of hydrogen-bond acceptors (Lipinski definition) is 4. The molecule has 0 aliphatic carbocycles. The summed E-state index contributed by atoms with van der Waals surface area (Å²) < 4.78 is 0. The molecule has 1 saturated heterocycles. The number of rotatable bonds is 8. The maximum absolute atomic E-state index is 5.88. The molecule has 0 aromatic heterocycles. The summed E-state index contributed by atoms with van der Waals surface area (Å²) in [5.74, 6) is 0.873. The van der Waals surface area contributed by atoms with E-state index in [2.05, 4.69) is 90.0 Å². The normalized spacial score (nSPS) is 16.0. The van der Waals surface area contributed by atoms with Gasteiger partial charge in [-0.25, -0.2) is 0 Å². The largest absolute Gasteiger partial charge is 0.395 e. The highest BCUT2D eigenvalue weighted by atomic mass is 32.2. The van der Waals surface area contributed by atoms with Gasteiger partial charge in [-0.1, -0.05) is 66.7 Å². The van der Waals surface area contributed by atoms with Gasteiger partial charge in [0.2, 0.25) is 0 Å². The van der Waals surface area contributed by atoms with Crippen LogP contribution in [0.4, 0.5) is 0 Å². The number of oxime groups is 1. The first-order valence-corrected chi connectivity index (χ1v) is 12.5. The van der Waals surface area contributed by atoms with Gasteiger partial charge in [0.25, 0.3) is 0 Å². The van der Waals surface area contributed by atoms with Crippen LogP contribution in [0.5, 0.6) is 0 Å². The number of piperidine rings is 1. The number of thioether (sulfide) groups is 1. The Hall–Kier alpha value is -2.30. The lowest BCUT2D eigenvalue weighted by molar-refractivity contribution is 0.119. The lowest BCUT2D eigenvalue weighted by Gasteiger charge is -2.29. The SMILES string of the molecule is CSc1ccc(/C(=N/OCCCN2CCC(C)CC2)c2cccc3ccccc23)cc1. The van der Waals surface area contributed by atoms with Crippen LogP contribution in [0.25, 0.3) is 10.8 Å². The van der Waals surface area contributed by atoms with Gasteiger partial charge in [0.1, 0.15) is 12.3 Å².